The molecule has 0 aliphatic carbocycles. The van der Waals surface area contributed by atoms with E-state index in [0.29, 0.717) is 5.67 Å². The minimum atomic E-state index is -2.32. The minimum absolute atomic E-state index is 0.467. The van der Waals surface area contributed by atoms with E-state index >= 15 is 0 Å². The third-order valence-electron chi connectivity index (χ3n) is 6.74. The van der Waals surface area contributed by atoms with Gasteiger partial charge in [-0.15, -0.1) is 0 Å². The van der Waals surface area contributed by atoms with Gasteiger partial charge < -0.3 is 4.90 Å². The van der Waals surface area contributed by atoms with Gasteiger partial charge in [-0.25, -0.2) is 0 Å². The maximum Gasteiger partial charge on any atom is 0.171 e. The Labute approximate surface area is 192 Å². The van der Waals surface area contributed by atoms with Crippen molar-refractivity contribution in [3.63, 3.8) is 0 Å². The topological polar surface area (TPSA) is 3.24 Å². The van der Waals surface area contributed by atoms with Gasteiger partial charge in [-0.1, -0.05) is 121 Å². The zero-order chi connectivity index (χ0) is 21.6. The molecule has 1 aliphatic heterocycles. The molecule has 0 bridgehead atoms. The monoisotopic (exact) mass is 431 g/mol. The van der Waals surface area contributed by atoms with Crippen molar-refractivity contribution in [2.45, 2.75) is 18.5 Å². The SMILES string of the molecule is C(=C\N1CCC[C@@H]1[Si](c1ccccc1)(c1ccccc1)c1ccccc1)/c1ccccc1. The van der Waals surface area contributed by atoms with Crippen molar-refractivity contribution in [3.05, 3.63) is 133 Å². The average Bonchev–Trinajstić information content (AvgIpc) is 3.35. The van der Waals surface area contributed by atoms with E-state index in [9.17, 15) is 0 Å². The summed E-state index contributed by atoms with van der Waals surface area (Å²) in [6.45, 7) is 1.11. The van der Waals surface area contributed by atoms with E-state index in [1.54, 1.807) is 0 Å². The molecule has 32 heavy (non-hydrogen) atoms. The summed E-state index contributed by atoms with van der Waals surface area (Å²) in [6, 6.07) is 44.5. The standard InChI is InChI=1S/C30H29NSi/c1-5-14-26(15-6-1)23-25-31-24-13-22-30(31)32(27-16-7-2-8-17-27,28-18-9-3-10-19-28)29-20-11-4-12-21-29/h1-12,14-21,23,25,30H,13,22,24H2/b25-23+/t30-/m0/s1. The van der Waals surface area contributed by atoms with Crippen LogP contribution < -0.4 is 15.6 Å². The Bertz CT molecular complexity index is 1040. The molecule has 0 amide bonds. The molecule has 1 saturated heterocycles. The molecule has 0 N–H and O–H groups in total. The highest BCUT2D eigenvalue weighted by Crippen LogP contribution is 2.27. The van der Waals surface area contributed by atoms with Crippen LogP contribution in [0.2, 0.25) is 0 Å². The summed E-state index contributed by atoms with van der Waals surface area (Å²) >= 11 is 0. The van der Waals surface area contributed by atoms with Crippen molar-refractivity contribution >= 4 is 29.7 Å². The quantitative estimate of drug-likeness (QED) is 0.312. The van der Waals surface area contributed by atoms with Gasteiger partial charge in [0.25, 0.3) is 0 Å². The van der Waals surface area contributed by atoms with Crippen LogP contribution >= 0.6 is 0 Å². The first-order chi connectivity index (χ1) is 15.9. The fourth-order valence-electron chi connectivity index (χ4n) is 5.36. The first-order valence-electron chi connectivity index (χ1n) is 11.5. The molecule has 1 fully saturated rings. The maximum atomic E-state index is 2.63. The van der Waals surface area contributed by atoms with Crippen molar-refractivity contribution in [1.29, 1.82) is 0 Å². The van der Waals surface area contributed by atoms with E-state index in [4.69, 9.17) is 0 Å². The molecule has 0 aromatic heterocycles. The largest absolute Gasteiger partial charge is 0.376 e. The maximum absolute atomic E-state index is 2.63. The molecular formula is C30H29NSi. The van der Waals surface area contributed by atoms with E-state index in [0.717, 1.165) is 6.54 Å². The summed E-state index contributed by atoms with van der Waals surface area (Å²) in [4.78, 5) is 2.63. The zero-order valence-corrected chi connectivity index (χ0v) is 19.3. The van der Waals surface area contributed by atoms with Crippen LogP contribution in [-0.2, 0) is 0 Å². The highest BCUT2D eigenvalue weighted by molar-refractivity contribution is 7.12. The predicted octanol–water partition coefficient (Wildman–Crippen LogP) is 4.83. The van der Waals surface area contributed by atoms with Gasteiger partial charge in [-0.05, 0) is 46.2 Å². The molecule has 0 spiro atoms. The molecule has 0 saturated carbocycles. The molecule has 158 valence electrons. The lowest BCUT2D eigenvalue weighted by Crippen LogP contribution is -2.76. The Kier molecular flexibility index (Phi) is 6.04. The molecule has 5 rings (SSSR count). The van der Waals surface area contributed by atoms with Gasteiger partial charge in [0.15, 0.2) is 8.07 Å². The second-order valence-electron chi connectivity index (χ2n) is 8.53. The summed E-state index contributed by atoms with van der Waals surface area (Å²) < 4.78 is 0. The molecule has 0 unspecified atom stereocenters. The summed E-state index contributed by atoms with van der Waals surface area (Å²) in [6.07, 6.45) is 7.07. The van der Waals surface area contributed by atoms with E-state index in [1.807, 2.05) is 0 Å². The summed E-state index contributed by atoms with van der Waals surface area (Å²) in [5, 5.41) is 4.47. The van der Waals surface area contributed by atoms with Crippen LogP contribution in [0.25, 0.3) is 6.08 Å². The smallest absolute Gasteiger partial charge is 0.171 e. The first kappa shape index (κ1) is 20.5. The first-order valence-corrected chi connectivity index (χ1v) is 13.6. The summed E-state index contributed by atoms with van der Waals surface area (Å²) in [5.41, 5.74) is 1.72. The Morgan fingerprint density at radius 2 is 1.03 bits per heavy atom. The highest BCUT2D eigenvalue weighted by atomic mass is 28.3. The molecule has 2 heteroatoms. The van der Waals surface area contributed by atoms with E-state index < -0.39 is 8.07 Å². The lowest BCUT2D eigenvalue weighted by molar-refractivity contribution is 0.427. The second-order valence-corrected chi connectivity index (χ2v) is 12.5. The van der Waals surface area contributed by atoms with Gasteiger partial charge in [0.2, 0.25) is 0 Å². The van der Waals surface area contributed by atoms with Crippen LogP contribution in [0.15, 0.2) is 128 Å². The fraction of sp³-hybridized carbons (Fsp3) is 0.133. The van der Waals surface area contributed by atoms with E-state index in [-0.39, 0.29) is 0 Å². The summed E-state index contributed by atoms with van der Waals surface area (Å²) in [5.74, 6) is 0. The number of likely N-dealkylation sites (tertiary alicyclic amines) is 1. The lowest BCUT2D eigenvalue weighted by Gasteiger charge is -2.42. The van der Waals surface area contributed by atoms with Gasteiger partial charge in [-0.3, -0.25) is 0 Å². The van der Waals surface area contributed by atoms with Gasteiger partial charge >= 0.3 is 0 Å². The Morgan fingerprint density at radius 1 is 0.594 bits per heavy atom. The van der Waals surface area contributed by atoms with E-state index in [1.165, 1.54) is 34.0 Å². The molecule has 1 nitrogen and oxygen atoms in total. The van der Waals surface area contributed by atoms with Crippen LogP contribution in [0.5, 0.6) is 0 Å². The molecule has 1 atom stereocenters. The van der Waals surface area contributed by atoms with Crippen LogP contribution in [0.3, 0.4) is 0 Å². The number of hydrogen-bond acceptors (Lipinski definition) is 1. The van der Waals surface area contributed by atoms with Crippen LogP contribution in [0.4, 0.5) is 0 Å². The molecule has 4 aromatic rings. The molecule has 1 aliphatic rings. The number of benzene rings is 4. The Balaban J connectivity index is 1.70. The van der Waals surface area contributed by atoms with Crippen molar-refractivity contribution in [2.75, 3.05) is 6.54 Å². The van der Waals surface area contributed by atoms with Gasteiger partial charge in [0, 0.05) is 12.2 Å². The lowest BCUT2D eigenvalue weighted by atomic mass is 10.2. The van der Waals surface area contributed by atoms with Crippen molar-refractivity contribution < 1.29 is 0 Å². The third kappa shape index (κ3) is 3.83. The van der Waals surface area contributed by atoms with Crippen LogP contribution in [0, 0.1) is 0 Å². The molecule has 4 aromatic carbocycles. The predicted molar refractivity (Wildman–Crippen MR) is 139 cm³/mol. The molecular weight excluding hydrogens is 402 g/mol. The van der Waals surface area contributed by atoms with Gasteiger partial charge in [-0.2, -0.15) is 0 Å². The van der Waals surface area contributed by atoms with Crippen molar-refractivity contribution in [3.8, 4) is 0 Å². The minimum Gasteiger partial charge on any atom is -0.376 e. The number of hydrogen-bond donors (Lipinski definition) is 0. The second kappa shape index (κ2) is 9.42. The third-order valence-corrected chi connectivity index (χ3v) is 12.1. The van der Waals surface area contributed by atoms with Crippen molar-refractivity contribution in [1.82, 2.24) is 4.90 Å². The highest BCUT2D eigenvalue weighted by Gasteiger charge is 2.49. The van der Waals surface area contributed by atoms with Gasteiger partial charge in [0.1, 0.15) is 0 Å². The molecule has 1 heterocycles. The van der Waals surface area contributed by atoms with Crippen LogP contribution in [0.1, 0.15) is 18.4 Å². The van der Waals surface area contributed by atoms with Crippen LogP contribution in [-0.4, -0.2) is 25.2 Å². The van der Waals surface area contributed by atoms with Crippen molar-refractivity contribution in [2.24, 2.45) is 0 Å². The number of nitrogens with zero attached hydrogens (tertiary/aromatic N) is 1. The Hall–Kier alpha value is -3.36. The van der Waals surface area contributed by atoms with E-state index in [2.05, 4.69) is 139 Å². The van der Waals surface area contributed by atoms with Gasteiger partial charge in [0.05, 0.1) is 0 Å². The summed E-state index contributed by atoms with van der Waals surface area (Å²) in [7, 11) is -2.32. The fourth-order valence-corrected chi connectivity index (χ4v) is 11.0. The normalized spacial score (nSPS) is 16.5. The Morgan fingerprint density at radius 3 is 1.50 bits per heavy atom. The zero-order valence-electron chi connectivity index (χ0n) is 18.3. The molecule has 0 radical (unpaired) electrons. The number of rotatable bonds is 6. The average molecular weight is 432 g/mol.